The van der Waals surface area contributed by atoms with E-state index in [-0.39, 0.29) is 17.9 Å². The lowest BCUT2D eigenvalue weighted by Gasteiger charge is -2.07. The molecule has 0 bridgehead atoms. The molecular weight excluding hydrogens is 235 g/mol. The van der Waals surface area contributed by atoms with E-state index >= 15 is 0 Å². The first-order valence-electron chi connectivity index (χ1n) is 5.74. The van der Waals surface area contributed by atoms with Gasteiger partial charge in [-0.05, 0) is 24.6 Å². The Morgan fingerprint density at radius 1 is 1.50 bits per heavy atom. The zero-order valence-corrected chi connectivity index (χ0v) is 10.2. The smallest absolute Gasteiger partial charge is 0.226 e. The molecule has 1 N–H and O–H groups in total. The third-order valence-electron chi connectivity index (χ3n) is 2.20. The van der Waals surface area contributed by atoms with Gasteiger partial charge in [0.05, 0.1) is 24.3 Å². The first kappa shape index (κ1) is 14.1. The number of nitrogens with one attached hydrogen (secondary N) is 1. The molecule has 96 valence electrons. The molecule has 0 fully saturated rings. The lowest BCUT2D eigenvalue weighted by atomic mass is 10.2. The number of ether oxygens (including phenoxy) is 1. The van der Waals surface area contributed by atoms with Crippen molar-refractivity contribution in [3.05, 3.63) is 29.6 Å². The zero-order valence-electron chi connectivity index (χ0n) is 10.2. The van der Waals surface area contributed by atoms with E-state index in [1.54, 1.807) is 0 Å². The van der Waals surface area contributed by atoms with E-state index in [2.05, 4.69) is 5.32 Å². The zero-order chi connectivity index (χ0) is 13.4. The molecule has 0 radical (unpaired) electrons. The summed E-state index contributed by atoms with van der Waals surface area (Å²) in [6, 6.07) is 5.49. The maximum absolute atomic E-state index is 12.9. The normalized spacial score (nSPS) is 9.83. The van der Waals surface area contributed by atoms with E-state index in [0.717, 1.165) is 12.5 Å². The topological polar surface area (TPSA) is 62.1 Å². The van der Waals surface area contributed by atoms with Crippen molar-refractivity contribution in [1.29, 1.82) is 5.26 Å². The fourth-order valence-electron chi connectivity index (χ4n) is 1.34. The second kappa shape index (κ2) is 7.41. The maximum atomic E-state index is 12.9. The summed E-state index contributed by atoms with van der Waals surface area (Å²) in [6.07, 6.45) is 1.11. The molecule has 4 nitrogen and oxygen atoms in total. The number of nitrogens with zero attached hydrogens (tertiary/aromatic N) is 1. The predicted molar refractivity (Wildman–Crippen MR) is 65.5 cm³/mol. The van der Waals surface area contributed by atoms with Crippen LogP contribution in [0.25, 0.3) is 0 Å². The Hall–Kier alpha value is -1.93. The Morgan fingerprint density at radius 3 is 2.94 bits per heavy atom. The highest BCUT2D eigenvalue weighted by Crippen LogP contribution is 2.16. The van der Waals surface area contributed by atoms with Gasteiger partial charge < -0.3 is 10.1 Å². The maximum Gasteiger partial charge on any atom is 0.226 e. The minimum absolute atomic E-state index is 0.109. The van der Waals surface area contributed by atoms with Crippen LogP contribution in [0, 0.1) is 17.1 Å². The molecule has 0 heterocycles. The first-order valence-corrected chi connectivity index (χ1v) is 5.74. The summed E-state index contributed by atoms with van der Waals surface area (Å²) in [5.41, 5.74) is 0.428. The minimum atomic E-state index is -0.504. The molecule has 0 aliphatic carbocycles. The van der Waals surface area contributed by atoms with Crippen LogP contribution in [0.4, 0.5) is 10.1 Å². The number of carbonyl (C=O) groups is 1. The SMILES string of the molecule is CCCOCCC(=O)Nc1ccc(F)cc1C#N. The van der Waals surface area contributed by atoms with Gasteiger partial charge in [0.1, 0.15) is 11.9 Å². The molecule has 18 heavy (non-hydrogen) atoms. The number of hydrogen-bond donors (Lipinski definition) is 1. The van der Waals surface area contributed by atoms with E-state index in [0.29, 0.717) is 18.9 Å². The molecule has 0 spiro atoms. The van der Waals surface area contributed by atoms with Crippen molar-refractivity contribution in [2.24, 2.45) is 0 Å². The Kier molecular flexibility index (Phi) is 5.81. The monoisotopic (exact) mass is 250 g/mol. The van der Waals surface area contributed by atoms with Gasteiger partial charge in [0.25, 0.3) is 0 Å². The summed E-state index contributed by atoms with van der Waals surface area (Å²) < 4.78 is 18.1. The minimum Gasteiger partial charge on any atom is -0.381 e. The van der Waals surface area contributed by atoms with Crippen LogP contribution >= 0.6 is 0 Å². The Labute approximate surface area is 105 Å². The molecule has 0 aliphatic heterocycles. The van der Waals surface area contributed by atoms with Gasteiger partial charge in [0, 0.05) is 6.61 Å². The van der Waals surface area contributed by atoms with Gasteiger partial charge in [-0.3, -0.25) is 4.79 Å². The summed E-state index contributed by atoms with van der Waals surface area (Å²) in [6.45, 7) is 2.94. The predicted octanol–water partition coefficient (Wildman–Crippen LogP) is 2.45. The van der Waals surface area contributed by atoms with E-state index in [4.69, 9.17) is 10.00 Å². The fraction of sp³-hybridized carbons (Fsp3) is 0.385. The van der Waals surface area contributed by atoms with Crippen LogP contribution in [0.1, 0.15) is 25.3 Å². The molecule has 0 unspecified atom stereocenters. The van der Waals surface area contributed by atoms with Gasteiger partial charge in [-0.2, -0.15) is 5.26 Å². The number of benzene rings is 1. The Bertz CT molecular complexity index is 455. The molecular formula is C13H15FN2O2. The highest BCUT2D eigenvalue weighted by Gasteiger charge is 2.07. The summed E-state index contributed by atoms with van der Waals surface area (Å²) in [4.78, 5) is 11.5. The molecule has 0 atom stereocenters. The molecule has 1 aromatic rings. The third-order valence-corrected chi connectivity index (χ3v) is 2.20. The van der Waals surface area contributed by atoms with Crippen molar-refractivity contribution in [1.82, 2.24) is 0 Å². The van der Waals surface area contributed by atoms with Gasteiger partial charge in [-0.1, -0.05) is 6.92 Å². The number of anilines is 1. The number of halogens is 1. The van der Waals surface area contributed by atoms with Crippen LogP contribution in [0.3, 0.4) is 0 Å². The van der Waals surface area contributed by atoms with Crippen LogP contribution in [-0.4, -0.2) is 19.1 Å². The van der Waals surface area contributed by atoms with Crippen LogP contribution in [0.5, 0.6) is 0 Å². The average molecular weight is 250 g/mol. The summed E-state index contributed by atoms with van der Waals surface area (Å²) in [7, 11) is 0. The van der Waals surface area contributed by atoms with Crippen molar-refractivity contribution in [3.8, 4) is 6.07 Å². The summed E-state index contributed by atoms with van der Waals surface area (Å²) in [5, 5.41) is 11.4. The molecule has 0 saturated heterocycles. The first-order chi connectivity index (χ1) is 8.67. The number of rotatable bonds is 6. The fourth-order valence-corrected chi connectivity index (χ4v) is 1.34. The van der Waals surface area contributed by atoms with Gasteiger partial charge in [-0.15, -0.1) is 0 Å². The van der Waals surface area contributed by atoms with Gasteiger partial charge in [-0.25, -0.2) is 4.39 Å². The number of hydrogen-bond acceptors (Lipinski definition) is 3. The van der Waals surface area contributed by atoms with Crippen LogP contribution in [0.15, 0.2) is 18.2 Å². The highest BCUT2D eigenvalue weighted by atomic mass is 19.1. The van der Waals surface area contributed by atoms with E-state index < -0.39 is 5.82 Å². The van der Waals surface area contributed by atoms with Crippen LogP contribution < -0.4 is 5.32 Å². The van der Waals surface area contributed by atoms with Crippen molar-refractivity contribution in [3.63, 3.8) is 0 Å². The lowest BCUT2D eigenvalue weighted by Crippen LogP contribution is -2.15. The van der Waals surface area contributed by atoms with Crippen LogP contribution in [0.2, 0.25) is 0 Å². The van der Waals surface area contributed by atoms with Crippen molar-refractivity contribution >= 4 is 11.6 Å². The molecule has 0 saturated carbocycles. The van der Waals surface area contributed by atoms with Gasteiger partial charge >= 0.3 is 0 Å². The Morgan fingerprint density at radius 2 is 2.28 bits per heavy atom. The number of nitriles is 1. The second-order valence-corrected chi connectivity index (χ2v) is 3.71. The standard InChI is InChI=1S/C13H15FN2O2/c1-2-6-18-7-5-13(17)16-12-4-3-11(14)8-10(12)9-15/h3-4,8H,2,5-7H2,1H3,(H,16,17). The molecule has 0 aliphatic rings. The van der Waals surface area contributed by atoms with Crippen molar-refractivity contribution in [2.45, 2.75) is 19.8 Å². The average Bonchev–Trinajstić information content (AvgIpc) is 2.37. The largest absolute Gasteiger partial charge is 0.381 e. The molecule has 5 heteroatoms. The van der Waals surface area contributed by atoms with Gasteiger partial charge in [0.15, 0.2) is 0 Å². The molecule has 0 aromatic heterocycles. The lowest BCUT2D eigenvalue weighted by molar-refractivity contribution is -0.117. The second-order valence-electron chi connectivity index (χ2n) is 3.71. The van der Waals surface area contributed by atoms with E-state index in [1.165, 1.54) is 12.1 Å². The van der Waals surface area contributed by atoms with E-state index in [1.807, 2.05) is 13.0 Å². The number of amides is 1. The van der Waals surface area contributed by atoms with E-state index in [9.17, 15) is 9.18 Å². The molecule has 1 amide bonds. The van der Waals surface area contributed by atoms with Crippen molar-refractivity contribution in [2.75, 3.05) is 18.5 Å². The quantitative estimate of drug-likeness (QED) is 0.789. The summed E-state index contributed by atoms with van der Waals surface area (Å²) >= 11 is 0. The van der Waals surface area contributed by atoms with Crippen molar-refractivity contribution < 1.29 is 13.9 Å². The number of carbonyl (C=O) groups excluding carboxylic acids is 1. The van der Waals surface area contributed by atoms with Crippen LogP contribution in [-0.2, 0) is 9.53 Å². The third kappa shape index (κ3) is 4.52. The Balaban J connectivity index is 2.52. The summed E-state index contributed by atoms with van der Waals surface area (Å²) in [5.74, 6) is -0.759. The van der Waals surface area contributed by atoms with Gasteiger partial charge in [0.2, 0.25) is 5.91 Å². The molecule has 1 rings (SSSR count). The highest BCUT2D eigenvalue weighted by molar-refractivity contribution is 5.92. The molecule has 1 aromatic carbocycles.